The van der Waals surface area contributed by atoms with Crippen LogP contribution in [0.15, 0.2) is 65.6 Å². The number of benzene rings is 3. The number of rotatable bonds is 7. The number of hydrogen-bond acceptors (Lipinski definition) is 5. The summed E-state index contributed by atoms with van der Waals surface area (Å²) in [4.78, 5) is 15.2. The Kier molecular flexibility index (Phi) is 7.42. The molecule has 0 atom stereocenters. The summed E-state index contributed by atoms with van der Waals surface area (Å²) in [5.74, 6) is -0.329. The molecule has 3 aromatic carbocycles. The minimum absolute atomic E-state index is 0.0826. The third-order valence-electron chi connectivity index (χ3n) is 5.98. The third-order valence-corrected chi connectivity index (χ3v) is 7.50. The zero-order valence-corrected chi connectivity index (χ0v) is 21.1. The molecule has 0 aromatic heterocycles. The molecule has 0 aliphatic carbocycles. The lowest BCUT2D eigenvalue weighted by atomic mass is 10.1. The number of amides is 1. The van der Waals surface area contributed by atoms with Crippen LogP contribution in [-0.2, 0) is 21.3 Å². The fourth-order valence-corrected chi connectivity index (χ4v) is 5.52. The molecule has 1 aliphatic heterocycles. The zero-order chi connectivity index (χ0) is 25.0. The van der Waals surface area contributed by atoms with Gasteiger partial charge in [0.1, 0.15) is 0 Å². The van der Waals surface area contributed by atoms with Gasteiger partial charge in [-0.1, -0.05) is 24.3 Å². The summed E-state index contributed by atoms with van der Waals surface area (Å²) in [6.45, 7) is 9.08. The number of nitrogens with zero attached hydrogens (tertiary/aromatic N) is 1. The zero-order valence-electron chi connectivity index (χ0n) is 20.3. The van der Waals surface area contributed by atoms with Crippen molar-refractivity contribution in [1.82, 2.24) is 5.32 Å². The first-order valence-electron chi connectivity index (χ1n) is 11.6. The van der Waals surface area contributed by atoms with E-state index in [1.807, 2.05) is 44.2 Å². The molecule has 1 aliphatic rings. The number of ether oxygens (including phenoxy) is 1. The molecule has 0 unspecified atom stereocenters. The van der Waals surface area contributed by atoms with Gasteiger partial charge >= 0.3 is 0 Å². The van der Waals surface area contributed by atoms with Crippen LogP contribution in [0.4, 0.5) is 11.4 Å². The maximum Gasteiger partial charge on any atom is 0.262 e. The first-order chi connectivity index (χ1) is 16.7. The van der Waals surface area contributed by atoms with Gasteiger partial charge in [-0.3, -0.25) is 9.52 Å². The summed E-state index contributed by atoms with van der Waals surface area (Å²) in [6, 6.07) is 18.3. The van der Waals surface area contributed by atoms with Crippen molar-refractivity contribution >= 4 is 27.3 Å². The van der Waals surface area contributed by atoms with Crippen molar-refractivity contribution in [2.75, 3.05) is 35.9 Å². The Hall–Kier alpha value is -3.36. The van der Waals surface area contributed by atoms with Crippen molar-refractivity contribution in [2.45, 2.75) is 32.2 Å². The number of anilines is 2. The molecule has 35 heavy (non-hydrogen) atoms. The highest BCUT2D eigenvalue weighted by Gasteiger charge is 2.20. The molecule has 2 N–H and O–H groups in total. The molecule has 1 fully saturated rings. The predicted octanol–water partition coefficient (Wildman–Crippen LogP) is 4.18. The van der Waals surface area contributed by atoms with Gasteiger partial charge in [-0.15, -0.1) is 0 Å². The highest BCUT2D eigenvalue weighted by molar-refractivity contribution is 7.92. The Balaban J connectivity index is 1.44. The van der Waals surface area contributed by atoms with Crippen molar-refractivity contribution in [3.63, 3.8) is 0 Å². The molecule has 4 rings (SSSR count). The highest BCUT2D eigenvalue weighted by Crippen LogP contribution is 2.23. The fourth-order valence-electron chi connectivity index (χ4n) is 4.21. The molecular weight excluding hydrogens is 462 g/mol. The van der Waals surface area contributed by atoms with E-state index in [1.54, 1.807) is 31.2 Å². The Morgan fingerprint density at radius 2 is 1.57 bits per heavy atom. The maximum absolute atomic E-state index is 13.1. The number of carbonyl (C=O) groups excluding carboxylic acids is 1. The number of nitrogens with one attached hydrogen (secondary N) is 2. The summed E-state index contributed by atoms with van der Waals surface area (Å²) >= 11 is 0. The first kappa shape index (κ1) is 24.8. The SMILES string of the molecule is Cc1cc(C)cc(NS(=O)(=O)c2cc(C(=O)NCc3ccc(N4CCOCC4)cc3)ccc2C)c1. The van der Waals surface area contributed by atoms with Gasteiger partial charge in [0, 0.05) is 36.6 Å². The number of hydrogen-bond donors (Lipinski definition) is 2. The van der Waals surface area contributed by atoms with Crippen molar-refractivity contribution in [2.24, 2.45) is 0 Å². The van der Waals surface area contributed by atoms with E-state index < -0.39 is 10.0 Å². The minimum Gasteiger partial charge on any atom is -0.378 e. The van der Waals surface area contributed by atoms with Crippen molar-refractivity contribution in [1.29, 1.82) is 0 Å². The molecule has 3 aromatic rings. The summed E-state index contributed by atoms with van der Waals surface area (Å²) < 4.78 is 34.3. The molecule has 8 heteroatoms. The van der Waals surface area contributed by atoms with Crippen molar-refractivity contribution in [3.05, 3.63) is 88.5 Å². The Labute approximate surface area is 207 Å². The topological polar surface area (TPSA) is 87.7 Å². The van der Waals surface area contributed by atoms with E-state index in [4.69, 9.17) is 4.74 Å². The van der Waals surface area contributed by atoms with Gasteiger partial charge in [-0.25, -0.2) is 8.42 Å². The van der Waals surface area contributed by atoms with Crippen LogP contribution in [0, 0.1) is 20.8 Å². The van der Waals surface area contributed by atoms with Gasteiger partial charge < -0.3 is 15.0 Å². The lowest BCUT2D eigenvalue weighted by molar-refractivity contribution is 0.0950. The standard InChI is InChI=1S/C27H31N3O4S/c1-19-14-20(2)16-24(15-19)29-35(32,33)26-17-23(7-4-21(26)3)27(31)28-18-22-5-8-25(9-6-22)30-10-12-34-13-11-30/h4-9,14-17,29H,10-13,18H2,1-3H3,(H,28,31). The van der Waals surface area contributed by atoms with Crippen LogP contribution in [-0.4, -0.2) is 40.6 Å². The highest BCUT2D eigenvalue weighted by atomic mass is 32.2. The van der Waals surface area contributed by atoms with E-state index in [1.165, 1.54) is 6.07 Å². The summed E-state index contributed by atoms with van der Waals surface area (Å²) in [7, 11) is -3.86. The average Bonchev–Trinajstić information content (AvgIpc) is 2.82. The molecule has 7 nitrogen and oxygen atoms in total. The number of sulfonamides is 1. The van der Waals surface area contributed by atoms with Gasteiger partial charge in [-0.05, 0) is 79.4 Å². The minimum atomic E-state index is -3.86. The molecule has 1 heterocycles. The van der Waals surface area contributed by atoms with Crippen LogP contribution in [0.25, 0.3) is 0 Å². The normalized spacial score (nSPS) is 14.0. The van der Waals surface area contributed by atoms with E-state index in [0.717, 1.165) is 48.7 Å². The largest absolute Gasteiger partial charge is 0.378 e. The van der Waals surface area contributed by atoms with E-state index in [0.29, 0.717) is 23.4 Å². The molecule has 184 valence electrons. The Morgan fingerprint density at radius 1 is 0.914 bits per heavy atom. The Bertz CT molecular complexity index is 1290. The lowest BCUT2D eigenvalue weighted by Crippen LogP contribution is -2.36. The quantitative estimate of drug-likeness (QED) is 0.516. The van der Waals surface area contributed by atoms with Gasteiger partial charge in [0.15, 0.2) is 0 Å². The second-order valence-electron chi connectivity index (χ2n) is 8.91. The predicted molar refractivity (Wildman–Crippen MR) is 139 cm³/mol. The second-order valence-corrected chi connectivity index (χ2v) is 10.6. The first-order valence-corrected chi connectivity index (χ1v) is 13.1. The molecule has 0 bridgehead atoms. The number of morpholine rings is 1. The summed E-state index contributed by atoms with van der Waals surface area (Å²) in [5, 5.41) is 2.89. The third kappa shape index (κ3) is 6.21. The molecule has 0 radical (unpaired) electrons. The van der Waals surface area contributed by atoms with Crippen molar-refractivity contribution < 1.29 is 17.9 Å². The van der Waals surface area contributed by atoms with Gasteiger partial charge in [0.25, 0.3) is 15.9 Å². The lowest BCUT2D eigenvalue weighted by Gasteiger charge is -2.28. The summed E-state index contributed by atoms with van der Waals surface area (Å²) in [5.41, 5.74) is 5.38. The van der Waals surface area contributed by atoms with Crippen LogP contribution in [0.3, 0.4) is 0 Å². The average molecular weight is 494 g/mol. The molecule has 1 saturated heterocycles. The van der Waals surface area contributed by atoms with Gasteiger partial charge in [0.05, 0.1) is 18.1 Å². The van der Waals surface area contributed by atoms with Gasteiger partial charge in [0.2, 0.25) is 0 Å². The maximum atomic E-state index is 13.1. The van der Waals surface area contributed by atoms with E-state index in [9.17, 15) is 13.2 Å². The van der Waals surface area contributed by atoms with Crippen LogP contribution < -0.4 is 14.9 Å². The van der Waals surface area contributed by atoms with Crippen molar-refractivity contribution in [3.8, 4) is 0 Å². The Morgan fingerprint density at radius 3 is 2.23 bits per heavy atom. The van der Waals surface area contributed by atoms with E-state index in [2.05, 4.69) is 14.9 Å². The molecule has 0 saturated carbocycles. The molecule has 1 amide bonds. The van der Waals surface area contributed by atoms with E-state index in [-0.39, 0.29) is 10.8 Å². The monoisotopic (exact) mass is 493 g/mol. The van der Waals surface area contributed by atoms with Crippen LogP contribution in [0.2, 0.25) is 0 Å². The summed E-state index contributed by atoms with van der Waals surface area (Å²) in [6.07, 6.45) is 0. The van der Waals surface area contributed by atoms with Crippen LogP contribution in [0.5, 0.6) is 0 Å². The second kappa shape index (κ2) is 10.5. The smallest absolute Gasteiger partial charge is 0.262 e. The van der Waals surface area contributed by atoms with Crippen LogP contribution >= 0.6 is 0 Å². The number of aryl methyl sites for hydroxylation is 3. The van der Waals surface area contributed by atoms with E-state index >= 15 is 0 Å². The van der Waals surface area contributed by atoms with Gasteiger partial charge in [-0.2, -0.15) is 0 Å². The molecule has 0 spiro atoms. The number of carbonyl (C=O) groups is 1. The fraction of sp³-hybridized carbons (Fsp3) is 0.296. The van der Waals surface area contributed by atoms with Crippen LogP contribution in [0.1, 0.15) is 32.6 Å². The molecular formula is C27H31N3O4S.